The smallest absolute Gasteiger partial charge is 0.0890 e. The van der Waals surface area contributed by atoms with E-state index in [4.69, 9.17) is 0 Å². The van der Waals surface area contributed by atoms with E-state index in [9.17, 15) is 0 Å². The van der Waals surface area contributed by atoms with E-state index in [-0.39, 0.29) is 0 Å². The number of aromatic amines is 1. The number of nitrogens with zero attached hydrogens (tertiary/aromatic N) is 3. The molecular weight excluding hydrogens is 226 g/mol. The van der Waals surface area contributed by atoms with Crippen LogP contribution in [0.5, 0.6) is 0 Å². The number of fused-ring (bicyclic) bond motifs is 1. The number of aromatic nitrogens is 4. The molecule has 2 heterocycles. The fourth-order valence-corrected chi connectivity index (χ4v) is 1.79. The highest BCUT2D eigenvalue weighted by Crippen LogP contribution is 2.08. The van der Waals surface area contributed by atoms with Gasteiger partial charge in [-0.05, 0) is 18.2 Å². The lowest BCUT2D eigenvalue weighted by Gasteiger charge is -2.03. The van der Waals surface area contributed by atoms with Crippen LogP contribution in [0.2, 0.25) is 0 Å². The summed E-state index contributed by atoms with van der Waals surface area (Å²) in [6, 6.07) is 9.82. The Labute approximate surface area is 104 Å². The van der Waals surface area contributed by atoms with E-state index >= 15 is 0 Å². The molecule has 2 aromatic heterocycles. The molecule has 0 unspecified atom stereocenters. The highest BCUT2D eigenvalue weighted by atomic mass is 15.1. The van der Waals surface area contributed by atoms with Crippen molar-refractivity contribution < 1.29 is 0 Å². The molecule has 0 radical (unpaired) electrons. The number of rotatable bonds is 4. The molecule has 0 aliphatic rings. The van der Waals surface area contributed by atoms with Crippen molar-refractivity contribution in [3.63, 3.8) is 0 Å². The van der Waals surface area contributed by atoms with Gasteiger partial charge in [0.2, 0.25) is 0 Å². The molecular formula is C13H13N5. The monoisotopic (exact) mass is 239 g/mol. The number of H-pyrrole nitrogens is 1. The van der Waals surface area contributed by atoms with Gasteiger partial charge in [-0.1, -0.05) is 12.1 Å². The maximum atomic E-state index is 4.54. The first-order valence-corrected chi connectivity index (χ1v) is 5.81. The van der Waals surface area contributed by atoms with Crippen molar-refractivity contribution in [2.45, 2.75) is 13.1 Å². The SMILES string of the molecule is c1ccc2nc(CNCc3ccn[nH]3)cnc2c1. The molecule has 0 aliphatic heterocycles. The molecule has 3 aromatic rings. The van der Waals surface area contributed by atoms with Crippen LogP contribution in [-0.2, 0) is 13.1 Å². The molecule has 0 aliphatic carbocycles. The van der Waals surface area contributed by atoms with Gasteiger partial charge in [-0.15, -0.1) is 0 Å². The minimum Gasteiger partial charge on any atom is -0.305 e. The van der Waals surface area contributed by atoms with Crippen LogP contribution in [-0.4, -0.2) is 20.2 Å². The second-order valence-corrected chi connectivity index (χ2v) is 4.04. The predicted molar refractivity (Wildman–Crippen MR) is 68.7 cm³/mol. The molecule has 0 fully saturated rings. The summed E-state index contributed by atoms with van der Waals surface area (Å²) in [5.41, 5.74) is 3.85. The molecule has 90 valence electrons. The lowest BCUT2D eigenvalue weighted by molar-refractivity contribution is 0.665. The second-order valence-electron chi connectivity index (χ2n) is 4.04. The third-order valence-corrected chi connectivity index (χ3v) is 2.68. The van der Waals surface area contributed by atoms with E-state index in [2.05, 4.69) is 25.5 Å². The van der Waals surface area contributed by atoms with Crippen molar-refractivity contribution in [2.24, 2.45) is 0 Å². The van der Waals surface area contributed by atoms with Crippen molar-refractivity contribution >= 4 is 11.0 Å². The molecule has 5 nitrogen and oxygen atoms in total. The number of benzene rings is 1. The Bertz CT molecular complexity index is 633. The van der Waals surface area contributed by atoms with Crippen LogP contribution >= 0.6 is 0 Å². The largest absolute Gasteiger partial charge is 0.305 e. The highest BCUT2D eigenvalue weighted by molar-refractivity contribution is 5.73. The van der Waals surface area contributed by atoms with Gasteiger partial charge in [0.05, 0.1) is 22.9 Å². The number of hydrogen-bond acceptors (Lipinski definition) is 4. The zero-order valence-electron chi connectivity index (χ0n) is 9.80. The van der Waals surface area contributed by atoms with Crippen LogP contribution in [0.25, 0.3) is 11.0 Å². The Hall–Kier alpha value is -2.27. The molecule has 5 heteroatoms. The summed E-state index contributed by atoms with van der Waals surface area (Å²) < 4.78 is 0. The summed E-state index contributed by atoms with van der Waals surface area (Å²) in [6.45, 7) is 1.44. The van der Waals surface area contributed by atoms with Crippen molar-refractivity contribution in [2.75, 3.05) is 0 Å². The molecule has 0 spiro atoms. The van der Waals surface area contributed by atoms with Crippen LogP contribution in [0, 0.1) is 0 Å². The van der Waals surface area contributed by atoms with E-state index in [1.54, 1.807) is 6.20 Å². The first-order chi connectivity index (χ1) is 8.92. The number of para-hydroxylation sites is 2. The minimum atomic E-state index is 0.691. The average molecular weight is 239 g/mol. The summed E-state index contributed by atoms with van der Waals surface area (Å²) >= 11 is 0. The Kier molecular flexibility index (Phi) is 2.97. The van der Waals surface area contributed by atoms with E-state index in [1.807, 2.05) is 36.5 Å². The molecule has 0 bridgehead atoms. The zero-order chi connectivity index (χ0) is 12.2. The van der Waals surface area contributed by atoms with Crippen LogP contribution < -0.4 is 5.32 Å². The molecule has 18 heavy (non-hydrogen) atoms. The summed E-state index contributed by atoms with van der Waals surface area (Å²) in [6.07, 6.45) is 3.55. The third-order valence-electron chi connectivity index (χ3n) is 2.68. The second kappa shape index (κ2) is 4.93. The Morgan fingerprint density at radius 1 is 1.06 bits per heavy atom. The van der Waals surface area contributed by atoms with Gasteiger partial charge in [-0.2, -0.15) is 5.10 Å². The van der Waals surface area contributed by atoms with E-state index < -0.39 is 0 Å². The van der Waals surface area contributed by atoms with Gasteiger partial charge in [-0.25, -0.2) is 4.98 Å². The van der Waals surface area contributed by atoms with Crippen molar-refractivity contribution in [3.8, 4) is 0 Å². The van der Waals surface area contributed by atoms with Gasteiger partial charge in [0, 0.05) is 25.0 Å². The van der Waals surface area contributed by atoms with Crippen molar-refractivity contribution in [3.05, 3.63) is 54.1 Å². The van der Waals surface area contributed by atoms with Gasteiger partial charge in [-0.3, -0.25) is 10.1 Å². The van der Waals surface area contributed by atoms with Crippen LogP contribution in [0.15, 0.2) is 42.7 Å². The van der Waals surface area contributed by atoms with Crippen molar-refractivity contribution in [1.82, 2.24) is 25.5 Å². The van der Waals surface area contributed by atoms with Gasteiger partial charge in [0.1, 0.15) is 0 Å². The third kappa shape index (κ3) is 2.36. The average Bonchev–Trinajstić information content (AvgIpc) is 2.92. The maximum Gasteiger partial charge on any atom is 0.0890 e. The molecule has 0 amide bonds. The quantitative estimate of drug-likeness (QED) is 0.726. The van der Waals surface area contributed by atoms with Crippen molar-refractivity contribution in [1.29, 1.82) is 0 Å². The lowest BCUT2D eigenvalue weighted by Crippen LogP contribution is -2.14. The molecule has 1 aromatic carbocycles. The van der Waals surface area contributed by atoms with Gasteiger partial charge >= 0.3 is 0 Å². The molecule has 0 atom stereocenters. The highest BCUT2D eigenvalue weighted by Gasteiger charge is 1.99. The zero-order valence-corrected chi connectivity index (χ0v) is 9.80. The summed E-state index contributed by atoms with van der Waals surface area (Å²) in [5, 5.41) is 10.1. The standard InChI is InChI=1S/C13H13N5/c1-2-4-13-12(3-1)15-9-11(17-13)8-14-7-10-5-6-16-18-10/h1-6,9,14H,7-8H2,(H,16,18). The first-order valence-electron chi connectivity index (χ1n) is 5.81. The summed E-state index contributed by atoms with van der Waals surface area (Å²) in [7, 11) is 0. The lowest BCUT2D eigenvalue weighted by atomic mass is 10.3. The van der Waals surface area contributed by atoms with E-state index in [1.165, 1.54) is 0 Å². The fourth-order valence-electron chi connectivity index (χ4n) is 1.79. The van der Waals surface area contributed by atoms with E-state index in [0.717, 1.165) is 29.0 Å². The van der Waals surface area contributed by atoms with Gasteiger partial charge < -0.3 is 5.32 Å². The first kappa shape index (κ1) is 10.9. The molecule has 0 saturated carbocycles. The number of nitrogens with one attached hydrogen (secondary N) is 2. The molecule has 0 saturated heterocycles. The minimum absolute atomic E-state index is 0.691. The van der Waals surface area contributed by atoms with E-state index in [0.29, 0.717) is 6.54 Å². The Morgan fingerprint density at radius 3 is 2.78 bits per heavy atom. The fraction of sp³-hybridized carbons (Fsp3) is 0.154. The predicted octanol–water partition coefficient (Wildman–Crippen LogP) is 1.64. The van der Waals surface area contributed by atoms with Gasteiger partial charge in [0.15, 0.2) is 0 Å². The normalized spacial score (nSPS) is 10.9. The summed E-state index contributed by atoms with van der Waals surface area (Å²) in [5.74, 6) is 0. The van der Waals surface area contributed by atoms with Crippen LogP contribution in [0.1, 0.15) is 11.4 Å². The molecule has 3 rings (SSSR count). The molecule has 2 N–H and O–H groups in total. The Balaban J connectivity index is 1.67. The summed E-state index contributed by atoms with van der Waals surface area (Å²) in [4.78, 5) is 8.92. The maximum absolute atomic E-state index is 4.54. The van der Waals surface area contributed by atoms with Gasteiger partial charge in [0.25, 0.3) is 0 Å². The van der Waals surface area contributed by atoms with Crippen LogP contribution in [0.4, 0.5) is 0 Å². The topological polar surface area (TPSA) is 66.5 Å². The Morgan fingerprint density at radius 2 is 1.94 bits per heavy atom. The van der Waals surface area contributed by atoms with Crippen LogP contribution in [0.3, 0.4) is 0 Å². The number of hydrogen-bond donors (Lipinski definition) is 2.